The first-order valence-electron chi connectivity index (χ1n) is 5.92. The first kappa shape index (κ1) is 13.2. The molecule has 2 aromatic rings. The van der Waals surface area contributed by atoms with Crippen LogP contribution in [-0.4, -0.2) is 27.0 Å². The number of hydrogen-bond donors (Lipinski definition) is 1. The molecule has 0 saturated heterocycles. The third-order valence-electron chi connectivity index (χ3n) is 2.52. The second kappa shape index (κ2) is 4.79. The summed E-state index contributed by atoms with van der Waals surface area (Å²) in [4.78, 5) is 17.1. The van der Waals surface area contributed by atoms with Crippen molar-refractivity contribution in [2.75, 3.05) is 12.8 Å². The first-order valence-corrected chi connectivity index (χ1v) is 5.92. The van der Waals surface area contributed by atoms with Gasteiger partial charge in [-0.1, -0.05) is 20.8 Å². The van der Waals surface area contributed by atoms with Gasteiger partial charge in [-0.05, 0) is 0 Å². The minimum Gasteiger partial charge on any atom is -0.479 e. The van der Waals surface area contributed by atoms with Gasteiger partial charge in [-0.2, -0.15) is 0 Å². The molecular weight excluding hydrogens is 242 g/mol. The lowest BCUT2D eigenvalue weighted by atomic mass is 9.95. The molecule has 6 heteroatoms. The summed E-state index contributed by atoms with van der Waals surface area (Å²) in [7, 11) is 1.54. The van der Waals surface area contributed by atoms with Crippen LogP contribution in [0.5, 0.6) is 5.88 Å². The predicted molar refractivity (Wildman–Crippen MR) is 72.7 cm³/mol. The van der Waals surface area contributed by atoms with Crippen LogP contribution in [0.4, 0.5) is 5.82 Å². The normalized spacial score (nSPS) is 11.4. The summed E-state index contributed by atoms with van der Waals surface area (Å²) in [6.07, 6.45) is 3.16. The Hall–Kier alpha value is -2.24. The third-order valence-corrected chi connectivity index (χ3v) is 2.52. The van der Waals surface area contributed by atoms with Crippen LogP contribution in [0.3, 0.4) is 0 Å². The SMILES string of the molecule is COc1nccnc1-c1cc(N)nc(C(C)(C)C)n1. The van der Waals surface area contributed by atoms with E-state index in [4.69, 9.17) is 10.5 Å². The second-order valence-corrected chi connectivity index (χ2v) is 5.17. The number of rotatable bonds is 2. The summed E-state index contributed by atoms with van der Waals surface area (Å²) in [6.45, 7) is 6.08. The van der Waals surface area contributed by atoms with Gasteiger partial charge in [0.2, 0.25) is 5.88 Å². The molecule has 0 spiro atoms. The molecule has 2 aromatic heterocycles. The van der Waals surface area contributed by atoms with Gasteiger partial charge in [-0.25, -0.2) is 19.9 Å². The summed E-state index contributed by atoms with van der Waals surface area (Å²) in [6, 6.07) is 1.67. The molecule has 0 aliphatic heterocycles. The molecule has 0 bridgehead atoms. The van der Waals surface area contributed by atoms with Crippen LogP contribution < -0.4 is 10.5 Å². The van der Waals surface area contributed by atoms with Gasteiger partial charge < -0.3 is 10.5 Å². The number of hydrogen-bond acceptors (Lipinski definition) is 6. The Balaban J connectivity index is 2.60. The van der Waals surface area contributed by atoms with Gasteiger partial charge in [0.05, 0.1) is 7.11 Å². The molecule has 0 amide bonds. The second-order valence-electron chi connectivity index (χ2n) is 5.17. The zero-order chi connectivity index (χ0) is 14.0. The van der Waals surface area contributed by atoms with Crippen molar-refractivity contribution in [3.8, 4) is 17.3 Å². The van der Waals surface area contributed by atoms with Gasteiger partial charge in [0, 0.05) is 23.9 Å². The molecule has 2 N–H and O–H groups in total. The van der Waals surface area contributed by atoms with Crippen LogP contribution in [0.15, 0.2) is 18.5 Å². The molecular formula is C13H17N5O. The van der Waals surface area contributed by atoms with Gasteiger partial charge in [0.25, 0.3) is 0 Å². The lowest BCUT2D eigenvalue weighted by Gasteiger charge is -2.17. The van der Waals surface area contributed by atoms with E-state index in [9.17, 15) is 0 Å². The van der Waals surface area contributed by atoms with Crippen molar-refractivity contribution >= 4 is 5.82 Å². The summed E-state index contributed by atoms with van der Waals surface area (Å²) < 4.78 is 5.19. The van der Waals surface area contributed by atoms with Crippen LogP contribution in [0, 0.1) is 0 Å². The van der Waals surface area contributed by atoms with Crippen LogP contribution in [0.2, 0.25) is 0 Å². The third kappa shape index (κ3) is 2.78. The lowest BCUT2D eigenvalue weighted by molar-refractivity contribution is 0.397. The van der Waals surface area contributed by atoms with E-state index >= 15 is 0 Å². The molecule has 0 aliphatic rings. The number of nitrogens with zero attached hydrogens (tertiary/aromatic N) is 4. The smallest absolute Gasteiger partial charge is 0.241 e. The van der Waals surface area contributed by atoms with Gasteiger partial charge in [-0.3, -0.25) is 0 Å². The van der Waals surface area contributed by atoms with Gasteiger partial charge in [0.15, 0.2) is 5.69 Å². The first-order chi connectivity index (χ1) is 8.91. The van der Waals surface area contributed by atoms with Crippen LogP contribution >= 0.6 is 0 Å². The summed E-state index contributed by atoms with van der Waals surface area (Å²) in [5.41, 5.74) is 6.82. The van der Waals surface area contributed by atoms with Gasteiger partial charge in [-0.15, -0.1) is 0 Å². The Morgan fingerprint density at radius 3 is 2.42 bits per heavy atom. The number of nitrogen functional groups attached to an aromatic ring is 1. The fraction of sp³-hybridized carbons (Fsp3) is 0.385. The van der Waals surface area contributed by atoms with E-state index in [0.717, 1.165) is 0 Å². The summed E-state index contributed by atoms with van der Waals surface area (Å²) in [5.74, 6) is 1.48. The van der Waals surface area contributed by atoms with E-state index in [1.54, 1.807) is 25.6 Å². The van der Waals surface area contributed by atoms with Crippen molar-refractivity contribution in [2.45, 2.75) is 26.2 Å². The molecule has 100 valence electrons. The largest absolute Gasteiger partial charge is 0.479 e. The zero-order valence-electron chi connectivity index (χ0n) is 11.5. The van der Waals surface area contributed by atoms with E-state index in [1.165, 1.54) is 0 Å². The van der Waals surface area contributed by atoms with E-state index in [-0.39, 0.29) is 5.41 Å². The van der Waals surface area contributed by atoms with E-state index in [2.05, 4.69) is 19.9 Å². The highest BCUT2D eigenvalue weighted by atomic mass is 16.5. The number of methoxy groups -OCH3 is 1. The predicted octanol–water partition coefficient (Wildman–Crippen LogP) is 1.82. The van der Waals surface area contributed by atoms with E-state index in [1.807, 2.05) is 20.8 Å². The standard InChI is InChI=1S/C13H17N5O/c1-13(2,3)12-17-8(7-9(14)18-12)10-11(19-4)16-6-5-15-10/h5-7H,1-4H3,(H2,14,17,18). The minimum absolute atomic E-state index is 0.195. The highest BCUT2D eigenvalue weighted by molar-refractivity contribution is 5.62. The molecule has 0 aliphatic carbocycles. The average molecular weight is 259 g/mol. The van der Waals surface area contributed by atoms with E-state index < -0.39 is 0 Å². The Morgan fingerprint density at radius 1 is 1.11 bits per heavy atom. The Bertz CT molecular complexity index is 592. The van der Waals surface area contributed by atoms with Crippen molar-refractivity contribution in [3.05, 3.63) is 24.3 Å². The van der Waals surface area contributed by atoms with Crippen molar-refractivity contribution in [2.24, 2.45) is 0 Å². The van der Waals surface area contributed by atoms with Crippen molar-refractivity contribution < 1.29 is 4.74 Å². The summed E-state index contributed by atoms with van der Waals surface area (Å²) >= 11 is 0. The van der Waals surface area contributed by atoms with Crippen molar-refractivity contribution in [1.29, 1.82) is 0 Å². The Labute approximate surface area is 112 Å². The highest BCUT2D eigenvalue weighted by Gasteiger charge is 2.20. The van der Waals surface area contributed by atoms with Crippen LogP contribution in [0.25, 0.3) is 11.4 Å². The molecule has 19 heavy (non-hydrogen) atoms. The fourth-order valence-electron chi connectivity index (χ4n) is 1.57. The van der Waals surface area contributed by atoms with Crippen LogP contribution in [0.1, 0.15) is 26.6 Å². The molecule has 0 saturated carbocycles. The molecule has 0 aromatic carbocycles. The molecule has 0 atom stereocenters. The van der Waals surface area contributed by atoms with Gasteiger partial charge >= 0.3 is 0 Å². The Kier molecular flexibility index (Phi) is 3.33. The lowest BCUT2D eigenvalue weighted by Crippen LogP contribution is -2.17. The highest BCUT2D eigenvalue weighted by Crippen LogP contribution is 2.27. The average Bonchev–Trinajstić information content (AvgIpc) is 2.37. The molecule has 0 fully saturated rings. The zero-order valence-corrected chi connectivity index (χ0v) is 11.5. The molecule has 6 nitrogen and oxygen atoms in total. The molecule has 2 heterocycles. The maximum atomic E-state index is 5.84. The maximum absolute atomic E-state index is 5.84. The Morgan fingerprint density at radius 2 is 1.79 bits per heavy atom. The topological polar surface area (TPSA) is 86.8 Å². The monoisotopic (exact) mass is 259 g/mol. The molecule has 0 unspecified atom stereocenters. The number of anilines is 1. The minimum atomic E-state index is -0.195. The molecule has 0 radical (unpaired) electrons. The van der Waals surface area contributed by atoms with E-state index in [0.29, 0.717) is 28.9 Å². The maximum Gasteiger partial charge on any atom is 0.241 e. The number of aromatic nitrogens is 4. The van der Waals surface area contributed by atoms with Crippen LogP contribution in [-0.2, 0) is 5.41 Å². The van der Waals surface area contributed by atoms with Gasteiger partial charge in [0.1, 0.15) is 17.3 Å². The molecule has 2 rings (SSSR count). The van der Waals surface area contributed by atoms with Crippen molar-refractivity contribution in [1.82, 2.24) is 19.9 Å². The number of nitrogens with two attached hydrogens (primary N) is 1. The fourth-order valence-corrected chi connectivity index (χ4v) is 1.57. The van der Waals surface area contributed by atoms with Crippen molar-refractivity contribution in [3.63, 3.8) is 0 Å². The number of ether oxygens (including phenoxy) is 1. The summed E-state index contributed by atoms with van der Waals surface area (Å²) in [5, 5.41) is 0. The quantitative estimate of drug-likeness (QED) is 0.885.